The number of fused-ring (bicyclic) bond motifs is 1. The van der Waals surface area contributed by atoms with Gasteiger partial charge in [-0.15, -0.1) is 0 Å². The number of hydrogen-bond acceptors (Lipinski definition) is 3. The number of nitrogens with one attached hydrogen (secondary N) is 3. The van der Waals surface area contributed by atoms with Gasteiger partial charge in [0.1, 0.15) is 0 Å². The maximum atomic E-state index is 11.3. The van der Waals surface area contributed by atoms with Crippen LogP contribution >= 0.6 is 0 Å². The molecular formula is C14H19N3O. The molecule has 4 nitrogen and oxygen atoms in total. The Balaban J connectivity index is 1.64. The SMILES string of the molecule is O=C1CCc2cc(NCC3CCCN3)ccc2N1. The molecule has 1 aromatic carbocycles. The molecule has 0 spiro atoms. The molecule has 18 heavy (non-hydrogen) atoms. The molecule has 1 saturated heterocycles. The average Bonchev–Trinajstić information content (AvgIpc) is 2.89. The summed E-state index contributed by atoms with van der Waals surface area (Å²) in [5, 5.41) is 9.85. The molecule has 1 unspecified atom stereocenters. The summed E-state index contributed by atoms with van der Waals surface area (Å²) in [7, 11) is 0. The Morgan fingerprint density at radius 1 is 1.33 bits per heavy atom. The van der Waals surface area contributed by atoms with Crippen LogP contribution in [0, 0.1) is 0 Å². The van der Waals surface area contributed by atoms with Crippen LogP contribution in [0.2, 0.25) is 0 Å². The van der Waals surface area contributed by atoms with Gasteiger partial charge in [0.05, 0.1) is 0 Å². The van der Waals surface area contributed by atoms with Crippen molar-refractivity contribution in [2.45, 2.75) is 31.7 Å². The fourth-order valence-electron chi connectivity index (χ4n) is 2.67. The van der Waals surface area contributed by atoms with Crippen LogP contribution in [0.3, 0.4) is 0 Å². The van der Waals surface area contributed by atoms with Crippen LogP contribution < -0.4 is 16.0 Å². The van der Waals surface area contributed by atoms with Crippen LogP contribution in [0.15, 0.2) is 18.2 Å². The Hall–Kier alpha value is -1.55. The third kappa shape index (κ3) is 2.48. The molecule has 1 amide bonds. The quantitative estimate of drug-likeness (QED) is 0.760. The van der Waals surface area contributed by atoms with Gasteiger partial charge in [-0.25, -0.2) is 0 Å². The molecular weight excluding hydrogens is 226 g/mol. The van der Waals surface area contributed by atoms with Gasteiger partial charge in [-0.05, 0) is 49.6 Å². The van der Waals surface area contributed by atoms with Gasteiger partial charge in [0.25, 0.3) is 0 Å². The van der Waals surface area contributed by atoms with Crippen molar-refractivity contribution in [3.05, 3.63) is 23.8 Å². The van der Waals surface area contributed by atoms with Crippen molar-refractivity contribution in [1.29, 1.82) is 0 Å². The lowest BCUT2D eigenvalue weighted by Crippen LogP contribution is -2.29. The third-order valence-electron chi connectivity index (χ3n) is 3.72. The van der Waals surface area contributed by atoms with Gasteiger partial charge in [0, 0.05) is 30.4 Å². The Morgan fingerprint density at radius 2 is 2.28 bits per heavy atom. The lowest BCUT2D eigenvalue weighted by atomic mass is 10.0. The molecule has 96 valence electrons. The van der Waals surface area contributed by atoms with E-state index < -0.39 is 0 Å². The molecule has 4 heteroatoms. The number of carbonyl (C=O) groups is 1. The van der Waals surface area contributed by atoms with Gasteiger partial charge in [0.15, 0.2) is 0 Å². The number of benzene rings is 1. The molecule has 3 rings (SSSR count). The molecule has 0 aromatic heterocycles. The first kappa shape index (κ1) is 11.5. The van der Waals surface area contributed by atoms with Gasteiger partial charge in [-0.1, -0.05) is 0 Å². The predicted molar refractivity (Wildman–Crippen MR) is 72.9 cm³/mol. The van der Waals surface area contributed by atoms with Gasteiger partial charge < -0.3 is 16.0 Å². The number of aryl methyl sites for hydroxylation is 1. The van der Waals surface area contributed by atoms with Crippen molar-refractivity contribution in [2.75, 3.05) is 23.7 Å². The maximum Gasteiger partial charge on any atom is 0.224 e. The largest absolute Gasteiger partial charge is 0.383 e. The molecule has 3 N–H and O–H groups in total. The van der Waals surface area contributed by atoms with Crippen LogP contribution in [0.4, 0.5) is 11.4 Å². The van der Waals surface area contributed by atoms with E-state index in [2.05, 4.69) is 22.0 Å². The van der Waals surface area contributed by atoms with E-state index in [0.717, 1.165) is 30.9 Å². The first-order chi connectivity index (χ1) is 8.81. The Morgan fingerprint density at radius 3 is 3.11 bits per heavy atom. The van der Waals surface area contributed by atoms with E-state index in [1.54, 1.807) is 0 Å². The Kier molecular flexibility index (Phi) is 3.19. The molecule has 0 bridgehead atoms. The first-order valence-electron chi connectivity index (χ1n) is 6.71. The summed E-state index contributed by atoms with van der Waals surface area (Å²) in [6.07, 6.45) is 3.98. The van der Waals surface area contributed by atoms with E-state index in [4.69, 9.17) is 0 Å². The van der Waals surface area contributed by atoms with E-state index in [0.29, 0.717) is 12.5 Å². The summed E-state index contributed by atoms with van der Waals surface area (Å²) in [5.74, 6) is 0.123. The zero-order valence-electron chi connectivity index (χ0n) is 10.5. The van der Waals surface area contributed by atoms with Gasteiger partial charge >= 0.3 is 0 Å². The topological polar surface area (TPSA) is 53.2 Å². The predicted octanol–water partition coefficient (Wildman–Crippen LogP) is 1.74. The number of amides is 1. The second kappa shape index (κ2) is 4.98. The summed E-state index contributed by atoms with van der Waals surface area (Å²) in [5.41, 5.74) is 3.35. The van der Waals surface area contributed by atoms with Crippen LogP contribution in [-0.4, -0.2) is 25.0 Å². The summed E-state index contributed by atoms with van der Waals surface area (Å²) < 4.78 is 0. The highest BCUT2D eigenvalue weighted by molar-refractivity contribution is 5.94. The zero-order chi connectivity index (χ0) is 12.4. The summed E-state index contributed by atoms with van der Waals surface area (Å²) in [6, 6.07) is 6.79. The molecule has 0 radical (unpaired) electrons. The highest BCUT2D eigenvalue weighted by Crippen LogP contribution is 2.25. The maximum absolute atomic E-state index is 11.3. The average molecular weight is 245 g/mol. The number of carbonyl (C=O) groups excluding carboxylic acids is 1. The van der Waals surface area contributed by atoms with E-state index >= 15 is 0 Å². The standard InChI is InChI=1S/C14H19N3O/c18-14-6-3-10-8-11(4-5-13(10)17-14)16-9-12-2-1-7-15-12/h4-5,8,12,15-16H,1-3,6-7,9H2,(H,17,18). The van der Waals surface area contributed by atoms with Crippen molar-refractivity contribution in [3.63, 3.8) is 0 Å². The lowest BCUT2D eigenvalue weighted by molar-refractivity contribution is -0.116. The summed E-state index contributed by atoms with van der Waals surface area (Å²) in [6.45, 7) is 2.12. The molecule has 1 aromatic rings. The van der Waals surface area contributed by atoms with Gasteiger partial charge in [0.2, 0.25) is 5.91 Å². The molecule has 2 heterocycles. The number of anilines is 2. The van der Waals surface area contributed by atoms with E-state index in [-0.39, 0.29) is 5.91 Å². The summed E-state index contributed by atoms with van der Waals surface area (Å²) >= 11 is 0. The molecule has 0 aliphatic carbocycles. The van der Waals surface area contributed by atoms with Crippen molar-refractivity contribution in [1.82, 2.24) is 5.32 Å². The fourth-order valence-corrected chi connectivity index (χ4v) is 2.67. The Labute approximate surface area is 107 Å². The minimum atomic E-state index is 0.123. The van der Waals surface area contributed by atoms with E-state index in [1.807, 2.05) is 12.1 Å². The monoisotopic (exact) mass is 245 g/mol. The molecule has 2 aliphatic heterocycles. The van der Waals surface area contributed by atoms with Crippen LogP contribution in [0.25, 0.3) is 0 Å². The van der Waals surface area contributed by atoms with Crippen molar-refractivity contribution >= 4 is 17.3 Å². The van der Waals surface area contributed by atoms with E-state index in [9.17, 15) is 4.79 Å². The normalized spacial score (nSPS) is 22.4. The van der Waals surface area contributed by atoms with Gasteiger partial charge in [-0.2, -0.15) is 0 Å². The molecule has 2 aliphatic rings. The second-order valence-electron chi connectivity index (χ2n) is 5.09. The number of hydrogen-bond donors (Lipinski definition) is 3. The Bertz CT molecular complexity index is 452. The summed E-state index contributed by atoms with van der Waals surface area (Å²) in [4.78, 5) is 11.3. The number of rotatable bonds is 3. The fraction of sp³-hybridized carbons (Fsp3) is 0.500. The van der Waals surface area contributed by atoms with Crippen LogP contribution in [0.1, 0.15) is 24.8 Å². The van der Waals surface area contributed by atoms with Crippen molar-refractivity contribution in [3.8, 4) is 0 Å². The van der Waals surface area contributed by atoms with Crippen molar-refractivity contribution in [2.24, 2.45) is 0 Å². The molecule has 0 saturated carbocycles. The van der Waals surface area contributed by atoms with Crippen LogP contribution in [0.5, 0.6) is 0 Å². The minimum absolute atomic E-state index is 0.123. The minimum Gasteiger partial charge on any atom is -0.383 e. The lowest BCUT2D eigenvalue weighted by Gasteiger charge is -2.19. The first-order valence-corrected chi connectivity index (χ1v) is 6.71. The van der Waals surface area contributed by atoms with Gasteiger partial charge in [-0.3, -0.25) is 4.79 Å². The van der Waals surface area contributed by atoms with Crippen LogP contribution in [-0.2, 0) is 11.2 Å². The van der Waals surface area contributed by atoms with Crippen molar-refractivity contribution < 1.29 is 4.79 Å². The third-order valence-corrected chi connectivity index (χ3v) is 3.72. The second-order valence-corrected chi connectivity index (χ2v) is 5.09. The highest BCUT2D eigenvalue weighted by Gasteiger charge is 2.16. The molecule has 1 fully saturated rings. The molecule has 1 atom stereocenters. The smallest absolute Gasteiger partial charge is 0.224 e. The van der Waals surface area contributed by atoms with E-state index in [1.165, 1.54) is 18.4 Å². The zero-order valence-corrected chi connectivity index (χ0v) is 10.5. The highest BCUT2D eigenvalue weighted by atomic mass is 16.1.